The van der Waals surface area contributed by atoms with Gasteiger partial charge in [-0.05, 0) is 57.0 Å². The summed E-state index contributed by atoms with van der Waals surface area (Å²) in [7, 11) is 3.97. The van der Waals surface area contributed by atoms with Crippen molar-refractivity contribution in [1.29, 1.82) is 0 Å². The first-order valence-corrected chi connectivity index (χ1v) is 6.71. The molecule has 0 amide bonds. The summed E-state index contributed by atoms with van der Waals surface area (Å²) in [5.41, 5.74) is 8.99. The average Bonchev–Trinajstić information content (AvgIpc) is 2.64. The monoisotopic (exact) mass is 257 g/mol. The minimum absolute atomic E-state index is 0.795. The average molecular weight is 257 g/mol. The minimum atomic E-state index is 0.795. The van der Waals surface area contributed by atoms with Crippen LogP contribution in [0.3, 0.4) is 0 Å². The first-order valence-electron chi connectivity index (χ1n) is 6.71. The maximum absolute atomic E-state index is 4.62. The first kappa shape index (κ1) is 13.8. The molecule has 19 heavy (non-hydrogen) atoms. The van der Waals surface area contributed by atoms with Crippen LogP contribution < -0.4 is 5.32 Å². The van der Waals surface area contributed by atoms with E-state index in [-0.39, 0.29) is 0 Å². The number of benzene rings is 1. The molecular weight excluding hydrogens is 234 g/mol. The molecule has 3 heteroatoms. The van der Waals surface area contributed by atoms with E-state index >= 15 is 0 Å². The summed E-state index contributed by atoms with van der Waals surface area (Å²) in [4.78, 5) is 0. The van der Waals surface area contributed by atoms with Gasteiger partial charge in [0.1, 0.15) is 0 Å². The van der Waals surface area contributed by atoms with Crippen molar-refractivity contribution in [2.75, 3.05) is 7.05 Å². The molecule has 3 nitrogen and oxygen atoms in total. The third kappa shape index (κ3) is 2.30. The normalized spacial score (nSPS) is 11.1. The number of aromatic nitrogens is 2. The van der Waals surface area contributed by atoms with Crippen LogP contribution in [0.2, 0.25) is 0 Å². The number of hydrogen-bond donors (Lipinski definition) is 1. The maximum atomic E-state index is 4.62. The highest BCUT2D eigenvalue weighted by molar-refractivity contribution is 5.73. The Morgan fingerprint density at radius 3 is 2.42 bits per heavy atom. The van der Waals surface area contributed by atoms with E-state index in [0.717, 1.165) is 12.2 Å². The molecule has 1 N–H and O–H groups in total. The van der Waals surface area contributed by atoms with Crippen LogP contribution in [0, 0.1) is 27.7 Å². The van der Waals surface area contributed by atoms with Crippen molar-refractivity contribution >= 4 is 0 Å². The zero-order valence-corrected chi connectivity index (χ0v) is 12.8. The van der Waals surface area contributed by atoms with Gasteiger partial charge in [-0.25, -0.2) is 0 Å². The molecule has 1 aromatic heterocycles. The van der Waals surface area contributed by atoms with Crippen LogP contribution >= 0.6 is 0 Å². The predicted molar refractivity (Wildman–Crippen MR) is 80.4 cm³/mol. The third-order valence-corrected chi connectivity index (χ3v) is 4.08. The second-order valence-corrected chi connectivity index (χ2v) is 5.24. The van der Waals surface area contributed by atoms with Crippen molar-refractivity contribution in [2.24, 2.45) is 7.05 Å². The van der Waals surface area contributed by atoms with Gasteiger partial charge in [0.05, 0.1) is 5.69 Å². The zero-order valence-electron chi connectivity index (χ0n) is 12.8. The smallest absolute Gasteiger partial charge is 0.0843 e. The van der Waals surface area contributed by atoms with E-state index in [4.69, 9.17) is 0 Å². The molecular formula is C16H23N3. The van der Waals surface area contributed by atoms with E-state index in [1.807, 2.05) is 18.8 Å². The highest BCUT2D eigenvalue weighted by atomic mass is 15.3. The highest BCUT2D eigenvalue weighted by Crippen LogP contribution is 2.32. The molecule has 2 rings (SSSR count). The SMILES string of the molecule is CNCc1nn(C)c(C)c1-c1ccc(C)c(C)c1C. The Balaban J connectivity index is 2.68. The van der Waals surface area contributed by atoms with Crippen LogP contribution in [-0.4, -0.2) is 16.8 Å². The predicted octanol–water partition coefficient (Wildman–Crippen LogP) is 3.04. The fourth-order valence-electron chi connectivity index (χ4n) is 2.55. The standard InChI is InChI=1S/C16H23N3/c1-10-7-8-14(12(3)11(10)2)16-13(4)19(6)18-15(16)9-17-5/h7-8,17H,9H2,1-6H3. The largest absolute Gasteiger partial charge is 0.314 e. The Bertz CT molecular complexity index is 609. The van der Waals surface area contributed by atoms with Gasteiger partial charge in [-0.15, -0.1) is 0 Å². The summed E-state index contributed by atoms with van der Waals surface area (Å²) >= 11 is 0. The zero-order chi connectivity index (χ0) is 14.2. The quantitative estimate of drug-likeness (QED) is 0.916. The Kier molecular flexibility index (Phi) is 3.76. The van der Waals surface area contributed by atoms with Crippen LogP contribution in [0.25, 0.3) is 11.1 Å². The van der Waals surface area contributed by atoms with Gasteiger partial charge in [0.2, 0.25) is 0 Å². The lowest BCUT2D eigenvalue weighted by molar-refractivity contribution is 0.698. The van der Waals surface area contributed by atoms with Crippen molar-refractivity contribution in [3.8, 4) is 11.1 Å². The molecule has 2 aromatic rings. The highest BCUT2D eigenvalue weighted by Gasteiger charge is 2.17. The van der Waals surface area contributed by atoms with Gasteiger partial charge in [0.15, 0.2) is 0 Å². The first-order chi connectivity index (χ1) is 8.97. The summed E-state index contributed by atoms with van der Waals surface area (Å²) < 4.78 is 1.97. The molecule has 1 heterocycles. The molecule has 0 spiro atoms. The molecule has 0 unspecified atom stereocenters. The fourth-order valence-corrected chi connectivity index (χ4v) is 2.55. The van der Waals surface area contributed by atoms with E-state index in [0.29, 0.717) is 0 Å². The third-order valence-electron chi connectivity index (χ3n) is 4.08. The molecule has 0 fully saturated rings. The van der Waals surface area contributed by atoms with Gasteiger partial charge >= 0.3 is 0 Å². The minimum Gasteiger partial charge on any atom is -0.314 e. The van der Waals surface area contributed by atoms with Gasteiger partial charge in [-0.1, -0.05) is 12.1 Å². The van der Waals surface area contributed by atoms with E-state index in [1.54, 1.807) is 0 Å². The van der Waals surface area contributed by atoms with Crippen LogP contribution in [0.15, 0.2) is 12.1 Å². The fraction of sp³-hybridized carbons (Fsp3) is 0.438. The number of hydrogen-bond acceptors (Lipinski definition) is 2. The molecule has 0 atom stereocenters. The molecule has 0 saturated heterocycles. The molecule has 0 bridgehead atoms. The van der Waals surface area contributed by atoms with E-state index in [2.05, 4.69) is 50.2 Å². The molecule has 0 aliphatic carbocycles. The Morgan fingerprint density at radius 2 is 1.79 bits per heavy atom. The van der Waals surface area contributed by atoms with Crippen molar-refractivity contribution in [1.82, 2.24) is 15.1 Å². The second-order valence-electron chi connectivity index (χ2n) is 5.24. The molecule has 102 valence electrons. The molecule has 0 aliphatic rings. The van der Waals surface area contributed by atoms with Crippen LogP contribution in [0.4, 0.5) is 0 Å². The Morgan fingerprint density at radius 1 is 1.11 bits per heavy atom. The summed E-state index contributed by atoms with van der Waals surface area (Å²) in [5.74, 6) is 0. The summed E-state index contributed by atoms with van der Waals surface area (Å²) in [6, 6.07) is 4.42. The van der Waals surface area contributed by atoms with Gasteiger partial charge in [0, 0.05) is 24.8 Å². The second kappa shape index (κ2) is 5.17. The van der Waals surface area contributed by atoms with E-state index in [1.165, 1.54) is 33.5 Å². The van der Waals surface area contributed by atoms with Gasteiger partial charge in [-0.2, -0.15) is 5.10 Å². The van der Waals surface area contributed by atoms with Crippen LogP contribution in [-0.2, 0) is 13.6 Å². The molecule has 1 aromatic carbocycles. The Hall–Kier alpha value is -1.61. The lowest BCUT2D eigenvalue weighted by Crippen LogP contribution is -2.07. The lowest BCUT2D eigenvalue weighted by Gasteiger charge is -2.12. The molecule has 0 aliphatic heterocycles. The van der Waals surface area contributed by atoms with Crippen molar-refractivity contribution < 1.29 is 0 Å². The molecule has 0 radical (unpaired) electrons. The molecule has 0 saturated carbocycles. The van der Waals surface area contributed by atoms with Crippen molar-refractivity contribution in [2.45, 2.75) is 34.2 Å². The topological polar surface area (TPSA) is 29.9 Å². The summed E-state index contributed by atoms with van der Waals surface area (Å²) in [6.45, 7) is 9.49. The summed E-state index contributed by atoms with van der Waals surface area (Å²) in [6.07, 6.45) is 0. The maximum Gasteiger partial charge on any atom is 0.0843 e. The number of aryl methyl sites for hydroxylation is 2. The van der Waals surface area contributed by atoms with E-state index in [9.17, 15) is 0 Å². The lowest BCUT2D eigenvalue weighted by atomic mass is 9.93. The van der Waals surface area contributed by atoms with Gasteiger partial charge < -0.3 is 5.32 Å². The van der Waals surface area contributed by atoms with Crippen LogP contribution in [0.5, 0.6) is 0 Å². The van der Waals surface area contributed by atoms with Crippen molar-refractivity contribution in [3.63, 3.8) is 0 Å². The van der Waals surface area contributed by atoms with Gasteiger partial charge in [-0.3, -0.25) is 4.68 Å². The summed E-state index contributed by atoms with van der Waals surface area (Å²) in [5, 5.41) is 7.83. The number of nitrogens with one attached hydrogen (secondary N) is 1. The van der Waals surface area contributed by atoms with Gasteiger partial charge in [0.25, 0.3) is 0 Å². The van der Waals surface area contributed by atoms with E-state index < -0.39 is 0 Å². The van der Waals surface area contributed by atoms with Crippen LogP contribution in [0.1, 0.15) is 28.1 Å². The Labute approximate surface area is 115 Å². The number of nitrogens with zero attached hydrogens (tertiary/aromatic N) is 2. The number of rotatable bonds is 3. The van der Waals surface area contributed by atoms with Crippen molar-refractivity contribution in [3.05, 3.63) is 40.2 Å².